The third-order valence-corrected chi connectivity index (χ3v) is 9.59. The van der Waals surface area contributed by atoms with E-state index in [0.717, 1.165) is 36.5 Å². The van der Waals surface area contributed by atoms with Crippen LogP contribution in [0.2, 0.25) is 0 Å². The zero-order valence-corrected chi connectivity index (χ0v) is 26.2. The molecule has 1 N–H and O–H groups in total. The van der Waals surface area contributed by atoms with Crippen molar-refractivity contribution in [2.75, 3.05) is 4.72 Å². The number of hydrogen-bond donors (Lipinski definition) is 1. The fourth-order valence-corrected chi connectivity index (χ4v) is 6.71. The van der Waals surface area contributed by atoms with Gasteiger partial charge in [0.1, 0.15) is 5.82 Å². The number of nitrogens with zero attached hydrogens (tertiary/aromatic N) is 3. The van der Waals surface area contributed by atoms with Crippen LogP contribution in [-0.4, -0.2) is 25.6 Å². The number of aromatic nitrogens is 2. The van der Waals surface area contributed by atoms with Crippen LogP contribution in [0.4, 0.5) is 5.69 Å². The predicted molar refractivity (Wildman–Crippen MR) is 175 cm³/mol. The van der Waals surface area contributed by atoms with Gasteiger partial charge < -0.3 is 14.2 Å². The smallest absolute Gasteiger partial charge is 0.228 e. The molecule has 0 bridgehead atoms. The molecule has 3 aromatic rings. The number of carbonyl (C=O) groups is 1. The Morgan fingerprint density at radius 2 is 2.02 bits per heavy atom. The highest BCUT2D eigenvalue weighted by molar-refractivity contribution is 8.01. The Labute approximate surface area is 255 Å². The summed E-state index contributed by atoms with van der Waals surface area (Å²) in [4.78, 5) is 20.6. The lowest BCUT2D eigenvalue weighted by Gasteiger charge is -2.38. The highest BCUT2D eigenvalue weighted by Gasteiger charge is 2.37. The first kappa shape index (κ1) is 29.8. The summed E-state index contributed by atoms with van der Waals surface area (Å²) in [6, 6.07) is 18.9. The average Bonchev–Trinajstić information content (AvgIpc) is 3.26. The minimum Gasteiger partial charge on any atom is -0.337 e. The van der Waals surface area contributed by atoms with Crippen LogP contribution >= 0.6 is 11.9 Å². The van der Waals surface area contributed by atoms with E-state index in [2.05, 4.69) is 85.6 Å². The minimum absolute atomic E-state index is 0.00114. The van der Waals surface area contributed by atoms with Crippen molar-refractivity contribution in [3.8, 4) is 0 Å². The van der Waals surface area contributed by atoms with Crippen LogP contribution in [0.1, 0.15) is 69.8 Å². The molecule has 1 aromatic heterocycles. The van der Waals surface area contributed by atoms with E-state index in [0.29, 0.717) is 13.0 Å². The van der Waals surface area contributed by atoms with Gasteiger partial charge in [-0.15, -0.1) is 5.73 Å². The van der Waals surface area contributed by atoms with Crippen molar-refractivity contribution in [1.29, 1.82) is 0 Å². The zero-order valence-electron chi connectivity index (χ0n) is 25.4. The van der Waals surface area contributed by atoms with Crippen LogP contribution in [0.25, 0.3) is 0 Å². The van der Waals surface area contributed by atoms with Crippen LogP contribution in [-0.2, 0) is 24.8 Å². The summed E-state index contributed by atoms with van der Waals surface area (Å²) in [5.74, 6) is 1.04. The van der Waals surface area contributed by atoms with E-state index in [1.54, 1.807) is 18.1 Å². The number of anilines is 1. The maximum atomic E-state index is 14.1. The number of benzene rings is 2. The number of fused-ring (bicyclic) bond motifs is 1. The van der Waals surface area contributed by atoms with E-state index in [4.69, 9.17) is 0 Å². The van der Waals surface area contributed by atoms with Gasteiger partial charge in [0.15, 0.2) is 0 Å². The Hall–Kier alpha value is -3.73. The Bertz CT molecular complexity index is 1540. The summed E-state index contributed by atoms with van der Waals surface area (Å²) in [5, 5.41) is 0.231. The number of rotatable bonds is 10. The largest absolute Gasteiger partial charge is 0.337 e. The number of amides is 1. The molecule has 1 amide bonds. The molecule has 1 fully saturated rings. The fourth-order valence-electron chi connectivity index (χ4n) is 5.76. The van der Waals surface area contributed by atoms with E-state index >= 15 is 0 Å². The van der Waals surface area contributed by atoms with Gasteiger partial charge in [0.05, 0.1) is 11.8 Å². The third kappa shape index (κ3) is 6.83. The van der Waals surface area contributed by atoms with Gasteiger partial charge in [-0.1, -0.05) is 70.2 Å². The van der Waals surface area contributed by atoms with E-state index in [1.165, 1.54) is 22.3 Å². The highest BCUT2D eigenvalue weighted by Crippen LogP contribution is 2.47. The molecule has 1 unspecified atom stereocenters. The Morgan fingerprint density at radius 3 is 2.76 bits per heavy atom. The standard InChI is InChI=1S/C36H42N4OS/c1-6-27-12-10-15-29(23-27)38-42-33-18-19-36(3,4)32-17-11-16-30(24-31(32)33)40(25-34-37-20-21-39(34)5)35(41)22-26(2)28-13-8-7-9-14-28/h7-16,20-21,23-24,26,33,38H,6,18-19,22,25H2,1-5H3/t26-,33?/m0/s1. The van der Waals surface area contributed by atoms with Gasteiger partial charge in [-0.2, -0.15) is 0 Å². The molecule has 2 aliphatic carbocycles. The lowest BCUT2D eigenvalue weighted by Crippen LogP contribution is -2.33. The lowest BCUT2D eigenvalue weighted by atomic mass is 9.70. The summed E-state index contributed by atoms with van der Waals surface area (Å²) >= 11 is 1.76. The molecular weight excluding hydrogens is 536 g/mol. The van der Waals surface area contributed by atoms with E-state index in [-0.39, 0.29) is 22.5 Å². The molecule has 2 aromatic carbocycles. The summed E-state index contributed by atoms with van der Waals surface area (Å²) in [5.41, 5.74) is 10.6. The zero-order chi connectivity index (χ0) is 29.7. The van der Waals surface area contributed by atoms with Gasteiger partial charge in [0, 0.05) is 42.8 Å². The fraction of sp³-hybridized carbons (Fsp3) is 0.361. The normalized spacial score (nSPS) is 18.2. The molecule has 2 aliphatic rings. The molecule has 6 heteroatoms. The molecule has 2 atom stereocenters. The monoisotopic (exact) mass is 578 g/mol. The highest BCUT2D eigenvalue weighted by atomic mass is 32.2. The van der Waals surface area contributed by atoms with Crippen LogP contribution in [0.15, 0.2) is 108 Å². The quantitative estimate of drug-likeness (QED) is 0.194. The number of hydrogen-bond acceptors (Lipinski definition) is 4. The molecule has 1 heterocycles. The Morgan fingerprint density at radius 1 is 1.21 bits per heavy atom. The molecular formula is C36H42N4OS. The summed E-state index contributed by atoms with van der Waals surface area (Å²) in [7, 11) is 1.98. The van der Waals surface area contributed by atoms with Crippen molar-refractivity contribution in [3.05, 3.63) is 125 Å². The first-order valence-corrected chi connectivity index (χ1v) is 15.8. The molecule has 5 nitrogen and oxygen atoms in total. The van der Waals surface area contributed by atoms with Gasteiger partial charge in [-0.25, -0.2) is 4.98 Å². The number of imidazole rings is 1. The van der Waals surface area contributed by atoms with Gasteiger partial charge in [-0.3, -0.25) is 4.79 Å². The molecule has 218 valence electrons. The average molecular weight is 579 g/mol. The molecule has 0 saturated heterocycles. The molecule has 0 radical (unpaired) electrons. The van der Waals surface area contributed by atoms with Crippen LogP contribution in [0, 0.1) is 5.41 Å². The van der Waals surface area contributed by atoms with E-state index in [9.17, 15) is 4.79 Å². The molecule has 0 spiro atoms. The molecule has 5 rings (SSSR count). The number of aryl methyl sites for hydroxylation is 2. The SMILES string of the molecule is CCc1cccc(NSC2CCC(C)(C)C3=C=CC=C(N(Cc4nccn4C)C(=O)C[C@H](C)c4ccccc4)C=C32)c1. The van der Waals surface area contributed by atoms with E-state index < -0.39 is 0 Å². The van der Waals surface area contributed by atoms with Gasteiger partial charge >= 0.3 is 0 Å². The number of carbonyl (C=O) groups excluding carboxylic acids is 1. The minimum atomic E-state index is 0.00114. The predicted octanol–water partition coefficient (Wildman–Crippen LogP) is 8.36. The van der Waals surface area contributed by atoms with Crippen LogP contribution in [0.3, 0.4) is 0 Å². The summed E-state index contributed by atoms with van der Waals surface area (Å²) < 4.78 is 5.62. The van der Waals surface area contributed by atoms with Gasteiger partial charge in [0.2, 0.25) is 5.91 Å². The topological polar surface area (TPSA) is 50.2 Å². The number of allylic oxidation sites excluding steroid dienone is 3. The maximum absolute atomic E-state index is 14.1. The van der Waals surface area contributed by atoms with Crippen molar-refractivity contribution >= 4 is 23.5 Å². The number of nitrogens with one attached hydrogen (secondary N) is 1. The van der Waals surface area contributed by atoms with Crippen LogP contribution < -0.4 is 4.72 Å². The van der Waals surface area contributed by atoms with Crippen molar-refractivity contribution in [2.45, 2.75) is 71.1 Å². The van der Waals surface area contributed by atoms with E-state index in [1.807, 2.05) is 53.1 Å². The second kappa shape index (κ2) is 13.1. The van der Waals surface area contributed by atoms with Crippen molar-refractivity contribution < 1.29 is 4.79 Å². The molecule has 0 aliphatic heterocycles. The lowest BCUT2D eigenvalue weighted by molar-refractivity contribution is -0.130. The van der Waals surface area contributed by atoms with Gasteiger partial charge in [-0.05, 0) is 89.6 Å². The third-order valence-electron chi connectivity index (χ3n) is 8.47. The Balaban J connectivity index is 1.46. The molecule has 1 saturated carbocycles. The first-order valence-electron chi connectivity index (χ1n) is 15.0. The van der Waals surface area contributed by atoms with Crippen molar-refractivity contribution in [2.24, 2.45) is 12.5 Å². The molecule has 42 heavy (non-hydrogen) atoms. The second-order valence-corrected chi connectivity index (χ2v) is 13.0. The Kier molecular flexibility index (Phi) is 9.25. The van der Waals surface area contributed by atoms with Crippen molar-refractivity contribution in [1.82, 2.24) is 14.5 Å². The second-order valence-electron chi connectivity index (χ2n) is 12.0. The van der Waals surface area contributed by atoms with Crippen LogP contribution in [0.5, 0.6) is 0 Å². The summed E-state index contributed by atoms with van der Waals surface area (Å²) in [6.45, 7) is 9.33. The maximum Gasteiger partial charge on any atom is 0.228 e. The van der Waals surface area contributed by atoms with Gasteiger partial charge in [0.25, 0.3) is 0 Å². The first-order chi connectivity index (χ1) is 20.2. The van der Waals surface area contributed by atoms with Crippen molar-refractivity contribution in [3.63, 3.8) is 0 Å². The summed E-state index contributed by atoms with van der Waals surface area (Å²) in [6.07, 6.45) is 13.6.